The summed E-state index contributed by atoms with van der Waals surface area (Å²) < 4.78 is 38.6. The van der Waals surface area contributed by atoms with Crippen molar-refractivity contribution in [3.63, 3.8) is 0 Å². The van der Waals surface area contributed by atoms with Gasteiger partial charge in [0.05, 0.1) is 12.2 Å². The van der Waals surface area contributed by atoms with Crippen LogP contribution in [0.5, 0.6) is 0 Å². The summed E-state index contributed by atoms with van der Waals surface area (Å²) in [6.07, 6.45) is 6.96. The van der Waals surface area contributed by atoms with Crippen LogP contribution < -0.4 is 0 Å². The molecular formula is C22H52O6Si5. The second-order valence-corrected chi connectivity index (χ2v) is 32.9. The highest BCUT2D eigenvalue weighted by Gasteiger charge is 2.49. The van der Waals surface area contributed by atoms with Crippen LogP contribution >= 0.6 is 0 Å². The van der Waals surface area contributed by atoms with Gasteiger partial charge in [0.25, 0.3) is 0 Å². The molecule has 0 N–H and O–H groups in total. The van der Waals surface area contributed by atoms with E-state index in [1.54, 1.807) is 7.11 Å². The summed E-state index contributed by atoms with van der Waals surface area (Å²) in [5.74, 6) is 0.740. The third-order valence-corrected chi connectivity index (χ3v) is 24.3. The summed E-state index contributed by atoms with van der Waals surface area (Å²) in [5, 5.41) is 0. The van der Waals surface area contributed by atoms with Crippen LogP contribution in [-0.2, 0) is 25.9 Å². The minimum atomic E-state index is -2.47. The molecule has 1 saturated carbocycles. The fraction of sp³-hybridized carbons (Fsp3) is 1.00. The second kappa shape index (κ2) is 11.5. The van der Waals surface area contributed by atoms with Gasteiger partial charge in [-0.25, -0.2) is 0 Å². The number of fused-ring (bicyclic) bond motifs is 1. The molecule has 0 aromatic heterocycles. The molecule has 1 heterocycles. The van der Waals surface area contributed by atoms with E-state index < -0.39 is 42.3 Å². The van der Waals surface area contributed by atoms with Crippen molar-refractivity contribution in [3.8, 4) is 0 Å². The van der Waals surface area contributed by atoms with Gasteiger partial charge in [0, 0.05) is 13.7 Å². The standard InChI is InChI=1S/C22H52O6Si5/c1-23-16-12-17-32(10,25-29(2,3)4)27-31(8,9)28-33(11,26-30(5,6)7)18-15-20-13-14-21-22(19-20)24-21/h20-22H,12-19H2,1-11H3. The predicted molar refractivity (Wildman–Crippen MR) is 148 cm³/mol. The Kier molecular flexibility index (Phi) is 10.5. The van der Waals surface area contributed by atoms with E-state index in [1.807, 2.05) is 0 Å². The van der Waals surface area contributed by atoms with Crippen LogP contribution in [0.25, 0.3) is 0 Å². The molecule has 2 aliphatic rings. The van der Waals surface area contributed by atoms with Crippen LogP contribution in [-0.4, -0.2) is 68.2 Å². The average molecular weight is 553 g/mol. The molecular weight excluding hydrogens is 501 g/mol. The number of hydrogen-bond acceptors (Lipinski definition) is 6. The lowest BCUT2D eigenvalue weighted by Gasteiger charge is -2.44. The minimum absolute atomic E-state index is 0.530. The van der Waals surface area contributed by atoms with Gasteiger partial charge in [-0.1, -0.05) is 0 Å². The molecule has 2 fully saturated rings. The Morgan fingerprint density at radius 3 is 1.73 bits per heavy atom. The quantitative estimate of drug-likeness (QED) is 0.130. The van der Waals surface area contributed by atoms with Gasteiger partial charge in [0.2, 0.25) is 0 Å². The lowest BCUT2D eigenvalue weighted by Crippen LogP contribution is -2.60. The third kappa shape index (κ3) is 11.6. The smallest absolute Gasteiger partial charge is 0.315 e. The highest BCUT2D eigenvalue weighted by Crippen LogP contribution is 2.42. The second-order valence-electron chi connectivity index (χ2n) is 12.8. The molecule has 1 saturated heterocycles. The molecule has 5 unspecified atom stereocenters. The number of ether oxygens (including phenoxy) is 2. The summed E-state index contributed by atoms with van der Waals surface area (Å²) in [6.45, 7) is 23.2. The van der Waals surface area contributed by atoms with Crippen molar-refractivity contribution in [2.75, 3.05) is 13.7 Å². The Hall–Kier alpha value is 0.844. The minimum Gasteiger partial charge on any atom is -0.437 e. The largest absolute Gasteiger partial charge is 0.437 e. The van der Waals surface area contributed by atoms with E-state index in [9.17, 15) is 0 Å². The van der Waals surface area contributed by atoms with Gasteiger partial charge >= 0.3 is 25.7 Å². The van der Waals surface area contributed by atoms with Crippen molar-refractivity contribution < 1.29 is 25.9 Å². The van der Waals surface area contributed by atoms with Crippen LogP contribution in [0.2, 0.25) is 77.6 Å². The number of methoxy groups -OCH3 is 1. The normalized spacial score (nSPS) is 27.5. The molecule has 0 aromatic rings. The molecule has 196 valence electrons. The first-order valence-corrected chi connectivity index (χ1v) is 27.6. The summed E-state index contributed by atoms with van der Waals surface area (Å²) in [7, 11) is -9.02. The van der Waals surface area contributed by atoms with Crippen LogP contribution in [0.3, 0.4) is 0 Å². The molecule has 0 amide bonds. The topological polar surface area (TPSA) is 58.7 Å². The summed E-state index contributed by atoms with van der Waals surface area (Å²) in [6, 6.07) is 1.97. The van der Waals surface area contributed by atoms with Gasteiger partial charge in [-0.2, -0.15) is 0 Å². The monoisotopic (exact) mass is 552 g/mol. The first-order valence-electron chi connectivity index (χ1n) is 12.9. The van der Waals surface area contributed by atoms with Crippen LogP contribution in [0, 0.1) is 5.92 Å². The summed E-state index contributed by atoms with van der Waals surface area (Å²) >= 11 is 0. The Morgan fingerprint density at radius 1 is 0.697 bits per heavy atom. The molecule has 33 heavy (non-hydrogen) atoms. The zero-order valence-electron chi connectivity index (χ0n) is 23.3. The Bertz CT molecular complexity index is 625. The molecule has 5 atom stereocenters. The van der Waals surface area contributed by atoms with Crippen molar-refractivity contribution in [3.05, 3.63) is 0 Å². The zero-order valence-corrected chi connectivity index (χ0v) is 28.3. The maximum absolute atomic E-state index is 7.02. The molecule has 11 heteroatoms. The first-order chi connectivity index (χ1) is 14.9. The van der Waals surface area contributed by atoms with Gasteiger partial charge in [-0.05, 0) is 116 Å². The van der Waals surface area contributed by atoms with Gasteiger partial charge in [-0.3, -0.25) is 0 Å². The number of epoxide rings is 1. The zero-order chi connectivity index (χ0) is 25.1. The third-order valence-electron chi connectivity index (χ3n) is 6.07. The molecule has 2 rings (SSSR count). The van der Waals surface area contributed by atoms with E-state index in [2.05, 4.69) is 65.5 Å². The molecule has 1 aliphatic carbocycles. The fourth-order valence-corrected chi connectivity index (χ4v) is 29.0. The van der Waals surface area contributed by atoms with Gasteiger partial charge in [-0.15, -0.1) is 0 Å². The average Bonchev–Trinajstić information content (AvgIpc) is 3.34. The van der Waals surface area contributed by atoms with Crippen molar-refractivity contribution in [1.82, 2.24) is 0 Å². The summed E-state index contributed by atoms with van der Waals surface area (Å²) in [4.78, 5) is 0. The van der Waals surface area contributed by atoms with Gasteiger partial charge < -0.3 is 25.9 Å². The highest BCUT2D eigenvalue weighted by molar-refractivity contribution is 6.90. The van der Waals surface area contributed by atoms with Crippen molar-refractivity contribution >= 4 is 42.3 Å². The molecule has 6 nitrogen and oxygen atoms in total. The van der Waals surface area contributed by atoms with Crippen molar-refractivity contribution in [2.45, 2.75) is 122 Å². The van der Waals surface area contributed by atoms with Crippen LogP contribution in [0.1, 0.15) is 32.1 Å². The summed E-state index contributed by atoms with van der Waals surface area (Å²) in [5.41, 5.74) is 0. The maximum Gasteiger partial charge on any atom is 0.315 e. The first kappa shape index (κ1) is 30.1. The number of hydrogen-bond donors (Lipinski definition) is 0. The Balaban J connectivity index is 2.09. The maximum atomic E-state index is 7.02. The van der Waals surface area contributed by atoms with E-state index in [4.69, 9.17) is 25.9 Å². The van der Waals surface area contributed by atoms with Crippen molar-refractivity contribution in [1.29, 1.82) is 0 Å². The van der Waals surface area contributed by atoms with E-state index in [0.29, 0.717) is 12.2 Å². The SMILES string of the molecule is COCCC[Si](C)(O[Si](C)(C)C)O[Si](C)(C)O[Si](C)(CCC1CCC2OC2C1)O[Si](C)(C)C. The molecule has 0 spiro atoms. The van der Waals surface area contributed by atoms with Crippen LogP contribution in [0.15, 0.2) is 0 Å². The van der Waals surface area contributed by atoms with E-state index in [0.717, 1.165) is 31.0 Å². The Labute approximate surface area is 209 Å². The van der Waals surface area contributed by atoms with Crippen molar-refractivity contribution in [2.24, 2.45) is 5.92 Å². The highest BCUT2D eigenvalue weighted by atomic mass is 28.5. The molecule has 1 aliphatic heterocycles. The molecule has 0 bridgehead atoms. The Morgan fingerprint density at radius 2 is 1.24 bits per heavy atom. The fourth-order valence-electron chi connectivity index (χ4n) is 5.35. The van der Waals surface area contributed by atoms with E-state index >= 15 is 0 Å². The number of rotatable bonds is 15. The van der Waals surface area contributed by atoms with Crippen LogP contribution in [0.4, 0.5) is 0 Å². The lowest BCUT2D eigenvalue weighted by atomic mass is 9.88. The van der Waals surface area contributed by atoms with E-state index in [1.165, 1.54) is 25.7 Å². The van der Waals surface area contributed by atoms with E-state index in [-0.39, 0.29) is 0 Å². The van der Waals surface area contributed by atoms with Gasteiger partial charge in [0.1, 0.15) is 0 Å². The molecule has 0 radical (unpaired) electrons. The lowest BCUT2D eigenvalue weighted by molar-refractivity contribution is 0.195. The molecule has 0 aromatic carbocycles. The van der Waals surface area contributed by atoms with Gasteiger partial charge in [0.15, 0.2) is 16.6 Å². The predicted octanol–water partition coefficient (Wildman–Crippen LogP) is 6.56.